The Bertz CT molecular complexity index is 661. The van der Waals surface area contributed by atoms with Gasteiger partial charge < -0.3 is 10.1 Å². The van der Waals surface area contributed by atoms with Crippen LogP contribution in [0.4, 0.5) is 5.69 Å². The van der Waals surface area contributed by atoms with E-state index in [9.17, 15) is 9.59 Å². The average Bonchev–Trinajstić information content (AvgIpc) is 3.00. The van der Waals surface area contributed by atoms with Gasteiger partial charge in [0, 0.05) is 21.3 Å². The van der Waals surface area contributed by atoms with Gasteiger partial charge in [0.15, 0.2) is 6.10 Å². The number of nitrogens with one attached hydrogen (secondary N) is 1. The number of benzene rings is 1. The summed E-state index contributed by atoms with van der Waals surface area (Å²) in [6, 6.07) is 10.8. The number of esters is 1. The van der Waals surface area contributed by atoms with Gasteiger partial charge in [-0.1, -0.05) is 23.7 Å². The molecule has 1 amide bonds. The molecule has 0 aliphatic heterocycles. The fourth-order valence-electron chi connectivity index (χ4n) is 1.72. The fraction of sp³-hybridized carbons (Fsp3) is 0.250. The molecule has 0 unspecified atom stereocenters. The molecule has 0 saturated heterocycles. The van der Waals surface area contributed by atoms with Crippen LogP contribution in [0.3, 0.4) is 0 Å². The first-order valence-electron chi connectivity index (χ1n) is 6.90. The third-order valence-electron chi connectivity index (χ3n) is 2.81. The number of hydrogen-bond donors (Lipinski definition) is 1. The summed E-state index contributed by atoms with van der Waals surface area (Å²) in [5.74, 6) is 0.187. The summed E-state index contributed by atoms with van der Waals surface area (Å²) < 4.78 is 5.13. The first kappa shape index (κ1) is 17.8. The van der Waals surface area contributed by atoms with Crippen molar-refractivity contribution in [1.82, 2.24) is 0 Å². The second-order valence-corrected chi connectivity index (χ2v) is 7.16. The summed E-state index contributed by atoms with van der Waals surface area (Å²) in [5, 5.41) is 5.18. The van der Waals surface area contributed by atoms with Gasteiger partial charge in [0.05, 0.1) is 5.75 Å². The number of hydrogen-bond acceptors (Lipinski definition) is 5. The molecule has 1 heterocycles. The van der Waals surface area contributed by atoms with Crippen LogP contribution in [0.15, 0.2) is 41.8 Å². The minimum absolute atomic E-state index is 0.215. The lowest BCUT2D eigenvalue weighted by Gasteiger charge is -2.13. The molecule has 0 aliphatic rings. The number of amides is 1. The van der Waals surface area contributed by atoms with Crippen molar-refractivity contribution in [3.8, 4) is 0 Å². The number of ether oxygens (including phenoxy) is 1. The van der Waals surface area contributed by atoms with Crippen LogP contribution in [-0.2, 0) is 20.1 Å². The Hall–Kier alpha value is -1.50. The van der Waals surface area contributed by atoms with E-state index in [1.54, 1.807) is 42.5 Å². The van der Waals surface area contributed by atoms with Crippen molar-refractivity contribution in [2.45, 2.75) is 18.8 Å². The first-order valence-corrected chi connectivity index (χ1v) is 9.32. The van der Waals surface area contributed by atoms with Gasteiger partial charge in [0.25, 0.3) is 5.91 Å². The number of rotatable bonds is 7. The molecule has 7 heteroatoms. The molecule has 1 N–H and O–H groups in total. The van der Waals surface area contributed by atoms with E-state index in [1.807, 2.05) is 17.5 Å². The van der Waals surface area contributed by atoms with Crippen molar-refractivity contribution < 1.29 is 14.3 Å². The maximum atomic E-state index is 12.0. The van der Waals surface area contributed by atoms with Gasteiger partial charge >= 0.3 is 5.97 Å². The molecule has 0 spiro atoms. The van der Waals surface area contributed by atoms with E-state index < -0.39 is 12.1 Å². The highest BCUT2D eigenvalue weighted by Crippen LogP contribution is 2.18. The molecule has 1 aromatic carbocycles. The minimum atomic E-state index is -0.858. The zero-order valence-electron chi connectivity index (χ0n) is 12.5. The largest absolute Gasteiger partial charge is 0.452 e. The average molecular weight is 370 g/mol. The van der Waals surface area contributed by atoms with Crippen molar-refractivity contribution in [3.05, 3.63) is 51.7 Å². The first-order chi connectivity index (χ1) is 11.0. The molecule has 0 aliphatic carbocycles. The zero-order chi connectivity index (χ0) is 16.7. The summed E-state index contributed by atoms with van der Waals surface area (Å²) in [7, 11) is 0. The van der Waals surface area contributed by atoms with E-state index in [2.05, 4.69) is 5.32 Å². The summed E-state index contributed by atoms with van der Waals surface area (Å²) >= 11 is 8.97. The van der Waals surface area contributed by atoms with E-state index >= 15 is 0 Å². The molecular weight excluding hydrogens is 354 g/mol. The van der Waals surface area contributed by atoms with Gasteiger partial charge in [0.1, 0.15) is 0 Å². The maximum Gasteiger partial charge on any atom is 0.316 e. The number of thioether (sulfide) groups is 1. The number of halogens is 1. The van der Waals surface area contributed by atoms with Crippen LogP contribution in [0.25, 0.3) is 0 Å². The Balaban J connectivity index is 1.73. The van der Waals surface area contributed by atoms with E-state index in [-0.39, 0.29) is 11.7 Å². The molecule has 1 atom stereocenters. The van der Waals surface area contributed by atoms with E-state index in [0.717, 1.165) is 5.75 Å². The molecule has 0 saturated carbocycles. The highest BCUT2D eigenvalue weighted by molar-refractivity contribution is 7.99. The summed E-state index contributed by atoms with van der Waals surface area (Å²) in [5.41, 5.74) is 0.567. The molecule has 23 heavy (non-hydrogen) atoms. The lowest BCUT2D eigenvalue weighted by molar-refractivity contribution is -0.150. The van der Waals surface area contributed by atoms with Gasteiger partial charge in [0.2, 0.25) is 0 Å². The van der Waals surface area contributed by atoms with Crippen LogP contribution in [0.2, 0.25) is 5.02 Å². The number of thiophene rings is 1. The van der Waals surface area contributed by atoms with Crippen LogP contribution in [0.5, 0.6) is 0 Å². The highest BCUT2D eigenvalue weighted by atomic mass is 35.5. The Labute approximate surface area is 148 Å². The van der Waals surface area contributed by atoms with Gasteiger partial charge in [-0.05, 0) is 36.6 Å². The number of anilines is 1. The van der Waals surface area contributed by atoms with Crippen molar-refractivity contribution >= 4 is 52.3 Å². The van der Waals surface area contributed by atoms with Gasteiger partial charge in [-0.2, -0.15) is 0 Å². The standard InChI is InChI=1S/C16H16ClNO3S2/c1-11(16(20)18-13-5-2-4-12(17)8-13)21-15(19)10-22-9-14-6-3-7-23-14/h2-8,11H,9-10H2,1H3,(H,18,20)/t11-/m0/s1. The molecule has 4 nitrogen and oxygen atoms in total. The topological polar surface area (TPSA) is 55.4 Å². The SMILES string of the molecule is C[C@H](OC(=O)CSCc1cccs1)C(=O)Nc1cccc(Cl)c1. The molecule has 1 aromatic heterocycles. The molecular formula is C16H16ClNO3S2. The molecule has 122 valence electrons. The van der Waals surface area contributed by atoms with Crippen molar-refractivity contribution in [1.29, 1.82) is 0 Å². The predicted molar refractivity (Wildman–Crippen MR) is 96.1 cm³/mol. The van der Waals surface area contributed by atoms with Crippen LogP contribution < -0.4 is 5.32 Å². The Morgan fingerprint density at radius 1 is 1.35 bits per heavy atom. The van der Waals surface area contributed by atoms with Crippen LogP contribution in [0, 0.1) is 0 Å². The van der Waals surface area contributed by atoms with Crippen molar-refractivity contribution in [3.63, 3.8) is 0 Å². The van der Waals surface area contributed by atoms with Crippen LogP contribution in [0.1, 0.15) is 11.8 Å². The van der Waals surface area contributed by atoms with Crippen LogP contribution >= 0.6 is 34.7 Å². The summed E-state index contributed by atoms with van der Waals surface area (Å²) in [6.45, 7) is 1.54. The lowest BCUT2D eigenvalue weighted by Crippen LogP contribution is -2.30. The highest BCUT2D eigenvalue weighted by Gasteiger charge is 2.18. The Kier molecular flexibility index (Phi) is 6.95. The summed E-state index contributed by atoms with van der Waals surface area (Å²) in [6.07, 6.45) is -0.858. The third kappa shape index (κ3) is 6.25. The van der Waals surface area contributed by atoms with Gasteiger partial charge in [-0.25, -0.2) is 0 Å². The van der Waals surface area contributed by atoms with Crippen molar-refractivity contribution in [2.75, 3.05) is 11.1 Å². The zero-order valence-corrected chi connectivity index (χ0v) is 14.8. The maximum absolute atomic E-state index is 12.0. The monoisotopic (exact) mass is 369 g/mol. The normalized spacial score (nSPS) is 11.7. The van der Waals surface area contributed by atoms with Crippen LogP contribution in [-0.4, -0.2) is 23.7 Å². The van der Waals surface area contributed by atoms with E-state index in [4.69, 9.17) is 16.3 Å². The minimum Gasteiger partial charge on any atom is -0.452 e. The second-order valence-electron chi connectivity index (χ2n) is 4.70. The second kappa shape index (κ2) is 8.96. The van der Waals surface area contributed by atoms with E-state index in [1.165, 1.54) is 16.6 Å². The molecule has 0 fully saturated rings. The smallest absolute Gasteiger partial charge is 0.316 e. The Morgan fingerprint density at radius 2 is 2.17 bits per heavy atom. The number of carbonyl (C=O) groups excluding carboxylic acids is 2. The molecule has 0 bridgehead atoms. The third-order valence-corrected chi connectivity index (χ3v) is 5.06. The van der Waals surface area contributed by atoms with Crippen molar-refractivity contribution in [2.24, 2.45) is 0 Å². The van der Waals surface area contributed by atoms with E-state index in [0.29, 0.717) is 10.7 Å². The molecule has 2 rings (SSSR count). The fourth-order valence-corrected chi connectivity index (χ4v) is 3.56. The molecule has 0 radical (unpaired) electrons. The summed E-state index contributed by atoms with van der Waals surface area (Å²) in [4.78, 5) is 24.9. The Morgan fingerprint density at radius 3 is 2.87 bits per heavy atom. The lowest BCUT2D eigenvalue weighted by atomic mass is 10.3. The van der Waals surface area contributed by atoms with Gasteiger partial charge in [-0.15, -0.1) is 23.1 Å². The predicted octanol–water partition coefficient (Wildman–Crippen LogP) is 4.21. The number of carbonyl (C=O) groups is 2. The molecule has 2 aromatic rings. The quantitative estimate of drug-likeness (QED) is 0.743. The van der Waals surface area contributed by atoms with Gasteiger partial charge in [-0.3, -0.25) is 9.59 Å².